The van der Waals surface area contributed by atoms with E-state index in [0.717, 1.165) is 18.1 Å². The van der Waals surface area contributed by atoms with E-state index in [1.165, 1.54) is 13.0 Å². The molecule has 0 amide bonds. The second kappa shape index (κ2) is 13.1. The normalized spacial score (nSPS) is 34.2. The summed E-state index contributed by atoms with van der Waals surface area (Å²) < 4.78 is 12.2. The Labute approximate surface area is 305 Å². The van der Waals surface area contributed by atoms with Gasteiger partial charge in [0.2, 0.25) is 10.9 Å². The van der Waals surface area contributed by atoms with E-state index in [1.807, 2.05) is 13.8 Å². The lowest BCUT2D eigenvalue weighted by Crippen LogP contribution is -2.51. The van der Waals surface area contributed by atoms with Crippen molar-refractivity contribution in [3.63, 3.8) is 0 Å². The van der Waals surface area contributed by atoms with Crippen molar-refractivity contribution in [1.82, 2.24) is 0 Å². The van der Waals surface area contributed by atoms with E-state index in [4.69, 9.17) is 9.47 Å². The highest BCUT2D eigenvalue weighted by Crippen LogP contribution is 2.65. The van der Waals surface area contributed by atoms with Gasteiger partial charge in [0.15, 0.2) is 29.7 Å². The highest BCUT2D eigenvalue weighted by molar-refractivity contribution is 5.71. The van der Waals surface area contributed by atoms with Gasteiger partial charge in [-0.25, -0.2) is 0 Å². The number of fused-ring (bicyclic) bond motifs is 2. The minimum absolute atomic E-state index is 0.0147. The van der Waals surface area contributed by atoms with Crippen LogP contribution in [0.1, 0.15) is 131 Å². The zero-order valence-corrected chi connectivity index (χ0v) is 31.8. The molecule has 2 aromatic carbocycles. The third-order valence-electron chi connectivity index (χ3n) is 13.7. The second-order valence-corrected chi connectivity index (χ2v) is 17.3. The average Bonchev–Trinajstić information content (AvgIpc) is 3.57. The Kier molecular flexibility index (Phi) is 9.58. The lowest BCUT2D eigenvalue weighted by atomic mass is 9.59. The summed E-state index contributed by atoms with van der Waals surface area (Å²) in [6.45, 7) is 16.9. The number of hydrogen-bond acceptors (Lipinski definition) is 10. The predicted molar refractivity (Wildman–Crippen MR) is 194 cm³/mol. The number of aromatic hydroxyl groups is 2. The van der Waals surface area contributed by atoms with Crippen molar-refractivity contribution >= 4 is 12.3 Å². The number of esters is 1. The Morgan fingerprint density at radius 1 is 0.904 bits per heavy atom. The van der Waals surface area contributed by atoms with Crippen LogP contribution in [0.15, 0.2) is 27.8 Å². The molecule has 52 heavy (non-hydrogen) atoms. The Hall–Kier alpha value is -3.60. The molecule has 282 valence electrons. The van der Waals surface area contributed by atoms with E-state index in [-0.39, 0.29) is 52.9 Å². The van der Waals surface area contributed by atoms with Crippen LogP contribution in [0.3, 0.4) is 0 Å². The summed E-state index contributed by atoms with van der Waals surface area (Å²) in [7, 11) is 0. The summed E-state index contributed by atoms with van der Waals surface area (Å²) in [6, 6.07) is 4.07. The fourth-order valence-electron chi connectivity index (χ4n) is 10.9. The molecule has 2 aromatic rings. The van der Waals surface area contributed by atoms with Crippen LogP contribution < -0.4 is 10.9 Å². The standard InChI is InChI=1S/C42H54O10/c1-19(2)26-10-12-40(8,31(18-43)51-23(7)44)34(26)28-15-25(16-30(46)36(47)21(28)5)42(50)17-24-14-29(45)37(48)22(6)32-33(24)38(52-42)39(49)41(9)13-11-27(20(3)4)35(32)41/h14-16,18-20,26-27,31,34-35,38-39,49-50H,10-13,17H2,1-9H3,(H,45,48)(H,46,47)/t26-,27-,31+,34-,35-,38-,39+,40+,41-,42+/m1/s1. The minimum Gasteiger partial charge on any atom is -0.504 e. The van der Waals surface area contributed by atoms with Gasteiger partial charge in [0.1, 0.15) is 6.10 Å². The van der Waals surface area contributed by atoms with Crippen LogP contribution in [-0.4, -0.2) is 44.9 Å². The van der Waals surface area contributed by atoms with Crippen molar-refractivity contribution in [2.45, 2.75) is 130 Å². The molecule has 6 rings (SSSR count). The first-order valence-electron chi connectivity index (χ1n) is 18.7. The summed E-state index contributed by atoms with van der Waals surface area (Å²) in [5.74, 6) is -3.98. The number of aliphatic hydroxyl groups is 2. The quantitative estimate of drug-likeness (QED) is 0.206. The number of hydrogen-bond donors (Lipinski definition) is 4. The molecule has 2 saturated carbocycles. The molecule has 0 unspecified atom stereocenters. The smallest absolute Gasteiger partial charge is 0.303 e. The van der Waals surface area contributed by atoms with Crippen molar-refractivity contribution < 1.29 is 39.5 Å². The molecule has 0 aromatic heterocycles. The van der Waals surface area contributed by atoms with Gasteiger partial charge in [-0.2, -0.15) is 0 Å². The van der Waals surface area contributed by atoms with Gasteiger partial charge in [-0.1, -0.05) is 41.5 Å². The van der Waals surface area contributed by atoms with Crippen LogP contribution in [0, 0.1) is 48.3 Å². The molecular weight excluding hydrogens is 664 g/mol. The summed E-state index contributed by atoms with van der Waals surface area (Å²) in [5, 5.41) is 47.5. The van der Waals surface area contributed by atoms with E-state index < -0.39 is 63.4 Å². The van der Waals surface area contributed by atoms with Crippen molar-refractivity contribution in [1.29, 1.82) is 0 Å². The first kappa shape index (κ1) is 38.1. The maximum atomic E-state index is 13.7. The summed E-state index contributed by atoms with van der Waals surface area (Å²) >= 11 is 0. The molecule has 1 aliphatic heterocycles. The molecule has 0 radical (unpaired) electrons. The van der Waals surface area contributed by atoms with Crippen LogP contribution in [0.4, 0.5) is 0 Å². The zero-order chi connectivity index (χ0) is 38.4. The van der Waals surface area contributed by atoms with E-state index in [0.29, 0.717) is 47.8 Å². The zero-order valence-electron chi connectivity index (χ0n) is 31.8. The van der Waals surface area contributed by atoms with E-state index in [2.05, 4.69) is 27.7 Å². The first-order valence-corrected chi connectivity index (χ1v) is 18.7. The van der Waals surface area contributed by atoms with Gasteiger partial charge >= 0.3 is 5.97 Å². The van der Waals surface area contributed by atoms with Gasteiger partial charge in [0.05, 0.1) is 6.10 Å². The number of carbonyl (C=O) groups excluding carboxylic acids is 2. The fourth-order valence-corrected chi connectivity index (χ4v) is 10.9. The van der Waals surface area contributed by atoms with Crippen LogP contribution in [0.25, 0.3) is 0 Å². The third kappa shape index (κ3) is 5.62. The first-order chi connectivity index (χ1) is 24.2. The summed E-state index contributed by atoms with van der Waals surface area (Å²) in [4.78, 5) is 51.9. The molecule has 4 aliphatic rings. The summed E-state index contributed by atoms with van der Waals surface area (Å²) in [5.41, 5.74) is -0.0409. The van der Waals surface area contributed by atoms with Crippen LogP contribution >= 0.6 is 0 Å². The van der Waals surface area contributed by atoms with E-state index in [1.54, 1.807) is 19.9 Å². The van der Waals surface area contributed by atoms with Crippen LogP contribution in [0.2, 0.25) is 0 Å². The van der Waals surface area contributed by atoms with E-state index in [9.17, 15) is 39.6 Å². The van der Waals surface area contributed by atoms with Gasteiger partial charge < -0.3 is 29.9 Å². The molecule has 0 bridgehead atoms. The number of rotatable bonds is 7. The van der Waals surface area contributed by atoms with Gasteiger partial charge in [0, 0.05) is 29.7 Å². The second-order valence-electron chi connectivity index (χ2n) is 17.3. The number of ether oxygens (including phenoxy) is 2. The van der Waals surface area contributed by atoms with Crippen molar-refractivity contribution in [3.8, 4) is 11.5 Å². The Morgan fingerprint density at radius 2 is 1.48 bits per heavy atom. The largest absolute Gasteiger partial charge is 0.504 e. The molecule has 2 fully saturated rings. The third-order valence-corrected chi connectivity index (χ3v) is 13.7. The van der Waals surface area contributed by atoms with E-state index >= 15 is 0 Å². The molecule has 3 aliphatic carbocycles. The molecule has 10 heteroatoms. The van der Waals surface area contributed by atoms with Crippen LogP contribution in [-0.2, 0) is 31.3 Å². The molecule has 10 atom stereocenters. The van der Waals surface area contributed by atoms with Gasteiger partial charge in [-0.05, 0) is 127 Å². The molecule has 10 nitrogen and oxygen atoms in total. The monoisotopic (exact) mass is 718 g/mol. The lowest BCUT2D eigenvalue weighted by molar-refractivity contribution is -0.279. The summed E-state index contributed by atoms with van der Waals surface area (Å²) in [6.07, 6.45) is -0.283. The molecule has 0 spiro atoms. The lowest BCUT2D eigenvalue weighted by Gasteiger charge is -2.52. The van der Waals surface area contributed by atoms with Crippen LogP contribution in [0.5, 0.6) is 11.5 Å². The molecule has 4 N–H and O–H groups in total. The molecule has 0 saturated heterocycles. The minimum atomic E-state index is -2.26. The number of aldehydes is 1. The predicted octanol–water partition coefficient (Wildman–Crippen LogP) is 5.71. The topological polar surface area (TPSA) is 168 Å². The molecular formula is C42H54O10. The van der Waals surface area contributed by atoms with Crippen molar-refractivity contribution in [2.24, 2.45) is 34.5 Å². The van der Waals surface area contributed by atoms with Crippen molar-refractivity contribution in [3.05, 3.63) is 77.6 Å². The SMILES string of the molecule is CC(=O)O[C@@H](C=O)[C@]1(C)CC[C@H](C(C)C)[C@@H]1c1cc([C@]2(O)Cc3cc(=O)c(O)c(C)c4c3[C@@H](O2)[C@H](O)[C@]2(C)CC[C@H](C(C)C)[C@H]42)cc(=O)c(O)c1C. The van der Waals surface area contributed by atoms with Crippen molar-refractivity contribution in [2.75, 3.05) is 0 Å². The fraction of sp³-hybridized carbons (Fsp3) is 0.619. The Bertz CT molecular complexity index is 1940. The Morgan fingerprint density at radius 3 is 2.08 bits per heavy atom. The highest BCUT2D eigenvalue weighted by Gasteiger charge is 2.61. The number of aliphatic hydroxyl groups excluding tert-OH is 1. The van der Waals surface area contributed by atoms with Gasteiger partial charge in [0.25, 0.3) is 0 Å². The maximum absolute atomic E-state index is 13.7. The number of carbonyl (C=O) groups is 2. The Balaban J connectivity index is 1.61. The average molecular weight is 719 g/mol. The van der Waals surface area contributed by atoms with Gasteiger partial charge in [-0.3, -0.25) is 19.2 Å². The maximum Gasteiger partial charge on any atom is 0.303 e. The molecule has 1 heterocycles. The van der Waals surface area contributed by atoms with Gasteiger partial charge in [-0.15, -0.1) is 0 Å². The highest BCUT2D eigenvalue weighted by atomic mass is 16.6.